The summed E-state index contributed by atoms with van der Waals surface area (Å²) in [5, 5.41) is 2.50. The maximum absolute atomic E-state index is 6.38. The summed E-state index contributed by atoms with van der Waals surface area (Å²) in [5.74, 6) is 0. The van der Waals surface area contributed by atoms with E-state index in [1.165, 1.54) is 33.0 Å². The molecule has 5 rings (SSSR count). The van der Waals surface area contributed by atoms with Crippen LogP contribution in [0.2, 0.25) is 0 Å². The predicted octanol–water partition coefficient (Wildman–Crippen LogP) is 1.09. The van der Waals surface area contributed by atoms with Crippen molar-refractivity contribution in [2.45, 2.75) is 26.2 Å². The lowest BCUT2D eigenvalue weighted by Crippen LogP contribution is -2.55. The van der Waals surface area contributed by atoms with E-state index < -0.39 is 0 Å². The molecule has 4 aromatic rings. The van der Waals surface area contributed by atoms with Crippen molar-refractivity contribution in [1.29, 1.82) is 0 Å². The zero-order valence-electron chi connectivity index (χ0n) is 18.0. The average molecular weight is 383 g/mol. The van der Waals surface area contributed by atoms with Gasteiger partial charge in [-0.3, -0.25) is 0 Å². The van der Waals surface area contributed by atoms with Crippen molar-refractivity contribution in [3.63, 3.8) is 0 Å². The van der Waals surface area contributed by atoms with Gasteiger partial charge in [0.2, 0.25) is 0 Å². The second-order valence-electron chi connectivity index (χ2n) is 8.99. The van der Waals surface area contributed by atoms with Gasteiger partial charge in [0.15, 0.2) is 0 Å². The first-order valence-corrected chi connectivity index (χ1v) is 10.3. The fraction of sp³-hybridized carbons (Fsp3) is 0.154. The Morgan fingerprint density at radius 3 is 1.90 bits per heavy atom. The molecule has 0 N–H and O–H groups in total. The van der Waals surface area contributed by atoms with Crippen molar-refractivity contribution in [3.05, 3.63) is 65.2 Å². The van der Waals surface area contributed by atoms with Crippen molar-refractivity contribution in [3.8, 4) is 22.3 Å². The summed E-state index contributed by atoms with van der Waals surface area (Å²) in [5.41, 5.74) is 9.06. The molecule has 0 fully saturated rings. The fourth-order valence-corrected chi connectivity index (χ4v) is 5.07. The highest BCUT2D eigenvalue weighted by atomic mass is 14.4. The number of rotatable bonds is 1. The first kappa shape index (κ1) is 20.4. The molecule has 1 aliphatic rings. The fourth-order valence-electron chi connectivity index (χ4n) is 5.07. The Bertz CT molecular complexity index is 1390. The normalized spacial score (nSPS) is 13.9. The molecule has 0 bridgehead atoms. The van der Waals surface area contributed by atoms with Crippen LogP contribution in [0.1, 0.15) is 30.5 Å². The molecular formula is C26H17B5. The van der Waals surface area contributed by atoms with Gasteiger partial charge in [0.1, 0.15) is 39.2 Å². The topological polar surface area (TPSA) is 0 Å². The van der Waals surface area contributed by atoms with Gasteiger partial charge in [-0.25, -0.2) is 0 Å². The smallest absolute Gasteiger partial charge is 0.112 e. The third-order valence-corrected chi connectivity index (χ3v) is 6.88. The zero-order chi connectivity index (χ0) is 22.2. The third kappa shape index (κ3) is 2.68. The molecule has 0 amide bonds. The van der Waals surface area contributed by atoms with E-state index in [1.54, 1.807) is 0 Å². The van der Waals surface area contributed by atoms with E-state index in [0.29, 0.717) is 16.5 Å². The van der Waals surface area contributed by atoms with Gasteiger partial charge in [-0.2, -0.15) is 0 Å². The Balaban J connectivity index is 1.85. The van der Waals surface area contributed by atoms with Crippen molar-refractivity contribution < 1.29 is 0 Å². The van der Waals surface area contributed by atoms with Crippen molar-refractivity contribution in [2.75, 3.05) is 0 Å². The van der Waals surface area contributed by atoms with Gasteiger partial charge in [0.25, 0.3) is 0 Å². The molecule has 1 aliphatic carbocycles. The van der Waals surface area contributed by atoms with E-state index in [1.807, 2.05) is 0 Å². The summed E-state index contributed by atoms with van der Waals surface area (Å²) >= 11 is 0. The molecule has 0 saturated heterocycles. The van der Waals surface area contributed by atoms with Gasteiger partial charge in [0.05, 0.1) is 0 Å². The second kappa shape index (κ2) is 6.73. The highest BCUT2D eigenvalue weighted by molar-refractivity contribution is 6.68. The molecule has 31 heavy (non-hydrogen) atoms. The largest absolute Gasteiger partial charge is 0.113 e. The standard InChI is InChI=1S/C26H17B5/c1-12-10-16-18(11-15(12)20-21(27)23(29)25(31)24(30)22(20)28)26(2,3)17-9-8-13-6-4-5-7-14(13)19(16)17/h4-11H,1-3H3. The van der Waals surface area contributed by atoms with Crippen LogP contribution < -0.4 is 27.3 Å². The maximum atomic E-state index is 6.38. The molecule has 0 spiro atoms. The molecular weight excluding hydrogens is 366 g/mol. The SMILES string of the molecule is [B]c1c([B])c([B])c(-c2cc3c(cc2C)-c2c(ccc4ccccc24)C3(C)C)c([B])c1[B]. The summed E-state index contributed by atoms with van der Waals surface area (Å²) in [6, 6.07) is 17.4. The van der Waals surface area contributed by atoms with E-state index >= 15 is 0 Å². The lowest BCUT2D eigenvalue weighted by molar-refractivity contribution is 0.661. The van der Waals surface area contributed by atoms with Gasteiger partial charge >= 0.3 is 0 Å². The Labute approximate surface area is 190 Å². The van der Waals surface area contributed by atoms with Gasteiger partial charge < -0.3 is 0 Å². The van der Waals surface area contributed by atoms with Crippen LogP contribution in [0.25, 0.3) is 33.0 Å². The van der Waals surface area contributed by atoms with E-state index in [2.05, 4.69) is 69.3 Å². The van der Waals surface area contributed by atoms with Crippen LogP contribution in [0, 0.1) is 6.92 Å². The predicted molar refractivity (Wildman–Crippen MR) is 139 cm³/mol. The van der Waals surface area contributed by atoms with E-state index in [4.69, 9.17) is 39.2 Å². The van der Waals surface area contributed by atoms with E-state index in [9.17, 15) is 0 Å². The summed E-state index contributed by atoms with van der Waals surface area (Å²) in [4.78, 5) is 0. The quantitative estimate of drug-likeness (QED) is 0.432. The first-order valence-electron chi connectivity index (χ1n) is 10.3. The highest BCUT2D eigenvalue weighted by Gasteiger charge is 2.37. The monoisotopic (exact) mass is 384 g/mol. The number of benzene rings is 4. The Kier molecular flexibility index (Phi) is 4.42. The number of hydrogen-bond donors (Lipinski definition) is 0. The average Bonchev–Trinajstić information content (AvgIpc) is 2.97. The van der Waals surface area contributed by atoms with Crippen molar-refractivity contribution in [2.24, 2.45) is 0 Å². The molecule has 4 aromatic carbocycles. The van der Waals surface area contributed by atoms with Crippen molar-refractivity contribution in [1.82, 2.24) is 0 Å². The minimum absolute atomic E-state index is 0.175. The molecule has 0 saturated carbocycles. The second-order valence-corrected chi connectivity index (χ2v) is 8.99. The third-order valence-electron chi connectivity index (χ3n) is 6.88. The lowest BCUT2D eigenvalue weighted by atomic mass is 9.59. The Morgan fingerprint density at radius 2 is 1.23 bits per heavy atom. The van der Waals surface area contributed by atoms with Crippen LogP contribution in [0.4, 0.5) is 0 Å². The molecule has 0 aliphatic heterocycles. The first-order chi connectivity index (χ1) is 14.6. The minimum Gasteiger partial charge on any atom is -0.112 e. The summed E-state index contributed by atoms with van der Waals surface area (Å²) in [7, 11) is 31.1. The zero-order valence-corrected chi connectivity index (χ0v) is 18.0. The van der Waals surface area contributed by atoms with Crippen LogP contribution >= 0.6 is 0 Å². The molecule has 136 valence electrons. The minimum atomic E-state index is -0.175. The van der Waals surface area contributed by atoms with E-state index in [-0.39, 0.29) is 21.8 Å². The van der Waals surface area contributed by atoms with Gasteiger partial charge in [0, 0.05) is 5.41 Å². The summed E-state index contributed by atoms with van der Waals surface area (Å²) in [6.07, 6.45) is 0. The summed E-state index contributed by atoms with van der Waals surface area (Å²) in [6.45, 7) is 6.57. The van der Waals surface area contributed by atoms with Crippen molar-refractivity contribution >= 4 is 77.3 Å². The van der Waals surface area contributed by atoms with Crippen LogP contribution in [-0.4, -0.2) is 39.2 Å². The molecule has 0 aromatic heterocycles. The number of fused-ring (bicyclic) bond motifs is 5. The highest BCUT2D eigenvalue weighted by Crippen LogP contribution is 2.52. The van der Waals surface area contributed by atoms with Crippen LogP contribution in [0.3, 0.4) is 0 Å². The summed E-state index contributed by atoms with van der Waals surface area (Å²) < 4.78 is 0. The molecule has 0 unspecified atom stereocenters. The Morgan fingerprint density at radius 1 is 0.613 bits per heavy atom. The molecule has 10 radical (unpaired) electrons. The van der Waals surface area contributed by atoms with E-state index in [0.717, 1.165) is 11.1 Å². The van der Waals surface area contributed by atoms with Crippen LogP contribution in [0.5, 0.6) is 0 Å². The van der Waals surface area contributed by atoms with Gasteiger partial charge in [-0.05, 0) is 62.7 Å². The lowest BCUT2D eigenvalue weighted by Gasteiger charge is -2.25. The van der Waals surface area contributed by atoms with Gasteiger partial charge in [-0.1, -0.05) is 67.2 Å². The maximum Gasteiger partial charge on any atom is 0.113 e. The number of aryl methyl sites for hydroxylation is 1. The van der Waals surface area contributed by atoms with Gasteiger partial charge in [-0.15, -0.1) is 16.4 Å². The van der Waals surface area contributed by atoms with Crippen LogP contribution in [0.15, 0.2) is 48.5 Å². The molecule has 0 nitrogen and oxygen atoms in total. The van der Waals surface area contributed by atoms with Crippen LogP contribution in [-0.2, 0) is 5.41 Å². The number of hydrogen-bond acceptors (Lipinski definition) is 0. The molecule has 0 heterocycles. The molecule has 0 atom stereocenters. The Hall–Kier alpha value is -2.54. The molecule has 5 heteroatoms.